The Labute approximate surface area is 233 Å². The van der Waals surface area contributed by atoms with Gasteiger partial charge in [0.05, 0.1) is 0 Å². The fourth-order valence-electron chi connectivity index (χ4n) is 5.08. The fourth-order valence-corrected chi connectivity index (χ4v) is 10.8. The Balaban J connectivity index is 2.73. The number of alkyl halides is 3. The molecule has 214 valence electrons. The van der Waals surface area contributed by atoms with E-state index in [-0.39, 0.29) is 0 Å². The maximum Gasteiger partial charge on any atom is 0.524 e. The van der Waals surface area contributed by atoms with Crippen LogP contribution in [0.25, 0.3) is 0 Å². The Bertz CT molecular complexity index is 1280. The molecule has 0 atom stereocenters. The van der Waals surface area contributed by atoms with Gasteiger partial charge in [0.2, 0.25) is 0 Å². The second kappa shape index (κ2) is 12.5. The van der Waals surface area contributed by atoms with Crippen LogP contribution in [0, 0.1) is 0 Å². The Kier molecular flexibility index (Phi) is 10.00. The molecule has 3 aromatic rings. The highest BCUT2D eigenvalue weighted by molar-refractivity contribution is 8.33. The summed E-state index contributed by atoms with van der Waals surface area (Å²) >= 11 is 0. The summed E-state index contributed by atoms with van der Waals surface area (Å²) in [6.45, 7) is 11.9. The lowest BCUT2D eigenvalue weighted by molar-refractivity contribution is -0.0496. The van der Waals surface area contributed by atoms with Crippen molar-refractivity contribution in [3.05, 3.63) is 88.0 Å². The van der Waals surface area contributed by atoms with Gasteiger partial charge in [0, 0.05) is 14.7 Å². The van der Waals surface area contributed by atoms with E-state index in [1.165, 1.54) is 0 Å². The average Bonchev–Trinajstić information content (AvgIpc) is 2.94. The van der Waals surface area contributed by atoms with E-state index in [1.54, 1.807) is 30.3 Å². The van der Waals surface area contributed by atoms with Gasteiger partial charge >= 0.3 is 15.6 Å². The van der Waals surface area contributed by atoms with Crippen molar-refractivity contribution in [1.29, 1.82) is 0 Å². The third-order valence-corrected chi connectivity index (χ3v) is 12.3. The van der Waals surface area contributed by atoms with Crippen LogP contribution in [-0.4, -0.2) is 13.9 Å². The highest BCUT2D eigenvalue weighted by atomic mass is 32.3. The van der Waals surface area contributed by atoms with Crippen molar-refractivity contribution in [2.75, 3.05) is 0 Å². The molecule has 0 fully saturated rings. The van der Waals surface area contributed by atoms with Crippen LogP contribution in [0.15, 0.2) is 69.3 Å². The molecule has 0 bridgehead atoms. The Morgan fingerprint density at radius 1 is 0.615 bits per heavy atom. The molecule has 3 aromatic carbocycles. The van der Waals surface area contributed by atoms with Crippen molar-refractivity contribution in [2.45, 2.75) is 100 Å². The van der Waals surface area contributed by atoms with Crippen LogP contribution in [0.4, 0.5) is 13.2 Å². The molecule has 0 aliphatic carbocycles. The molecule has 0 aromatic heterocycles. The number of aryl methyl sites for hydroxylation is 6. The largest absolute Gasteiger partial charge is 0.524 e. The van der Waals surface area contributed by atoms with Gasteiger partial charge in [0.25, 0.3) is 0 Å². The minimum Gasteiger partial charge on any atom is -0.200 e. The quantitative estimate of drug-likeness (QED) is 0.212. The third-order valence-electron chi connectivity index (χ3n) is 7.07. The first-order chi connectivity index (χ1) is 18.4. The summed E-state index contributed by atoms with van der Waals surface area (Å²) in [5.74, 6) is 0. The molecule has 0 amide bonds. The third kappa shape index (κ3) is 5.93. The normalized spacial score (nSPS) is 13.1. The smallest absolute Gasteiger partial charge is 0.200 e. The van der Waals surface area contributed by atoms with E-state index in [1.807, 2.05) is 65.8 Å². The minimum absolute atomic E-state index is 0.431. The van der Waals surface area contributed by atoms with Crippen molar-refractivity contribution >= 4 is 20.4 Å². The molecule has 39 heavy (non-hydrogen) atoms. The van der Waals surface area contributed by atoms with E-state index >= 15 is 0 Å². The first-order valence-electron chi connectivity index (χ1n) is 13.6. The van der Waals surface area contributed by atoms with E-state index in [0.29, 0.717) is 40.4 Å². The number of halogens is 3. The van der Waals surface area contributed by atoms with Crippen molar-refractivity contribution in [2.24, 2.45) is 0 Å². The van der Waals surface area contributed by atoms with Gasteiger partial charge in [-0.05, 0) is 94.3 Å². The molecule has 0 aliphatic rings. The van der Waals surface area contributed by atoms with Crippen LogP contribution < -0.4 is 0 Å². The SMILES string of the molecule is CCc1cc(CC)c(S(OS(=O)(=O)C(F)(F)F)(c2ccccc2)c2c(CC)cc(CC)cc2CC)c(CC)c1. The molecule has 0 aliphatic heterocycles. The summed E-state index contributed by atoms with van der Waals surface area (Å²) in [6, 6.07) is 16.7. The summed E-state index contributed by atoms with van der Waals surface area (Å²) in [4.78, 5) is 1.56. The molecule has 8 heteroatoms. The molecule has 0 saturated carbocycles. The van der Waals surface area contributed by atoms with Crippen molar-refractivity contribution < 1.29 is 25.2 Å². The number of hydrogen-bond donors (Lipinski definition) is 0. The van der Waals surface area contributed by atoms with E-state index in [2.05, 4.69) is 0 Å². The predicted molar refractivity (Wildman–Crippen MR) is 154 cm³/mol. The van der Waals surface area contributed by atoms with Gasteiger partial charge in [-0.3, -0.25) is 0 Å². The van der Waals surface area contributed by atoms with Crippen LogP contribution in [0.1, 0.15) is 74.9 Å². The molecule has 3 rings (SSSR count). The average molecular weight is 581 g/mol. The van der Waals surface area contributed by atoms with Crippen LogP contribution in [-0.2, 0) is 52.3 Å². The maximum absolute atomic E-state index is 14.2. The van der Waals surface area contributed by atoms with E-state index in [0.717, 1.165) is 46.2 Å². The number of rotatable bonds is 11. The lowest BCUT2D eigenvalue weighted by Crippen LogP contribution is -2.29. The zero-order chi connectivity index (χ0) is 29.0. The topological polar surface area (TPSA) is 43.4 Å². The lowest BCUT2D eigenvalue weighted by atomic mass is 10.0. The highest BCUT2D eigenvalue weighted by Gasteiger charge is 2.54. The maximum atomic E-state index is 14.2. The number of benzene rings is 3. The van der Waals surface area contributed by atoms with Crippen molar-refractivity contribution in [1.82, 2.24) is 0 Å². The first kappa shape index (κ1) is 31.2. The molecule has 0 radical (unpaired) electrons. The predicted octanol–water partition coefficient (Wildman–Crippen LogP) is 9.12. The molecule has 0 unspecified atom stereocenters. The molecule has 0 N–H and O–H groups in total. The molecule has 0 heterocycles. The van der Waals surface area contributed by atoms with Gasteiger partial charge in [-0.1, -0.05) is 84.0 Å². The second-order valence-corrected chi connectivity index (χ2v) is 13.8. The number of hydrogen-bond acceptors (Lipinski definition) is 3. The van der Waals surface area contributed by atoms with Gasteiger partial charge in [-0.15, -0.1) is 0 Å². The summed E-state index contributed by atoms with van der Waals surface area (Å²) in [7, 11) is -9.40. The molecule has 3 nitrogen and oxygen atoms in total. The van der Waals surface area contributed by atoms with Crippen LogP contribution in [0.2, 0.25) is 0 Å². The van der Waals surface area contributed by atoms with Crippen LogP contribution in [0.3, 0.4) is 0 Å². The van der Waals surface area contributed by atoms with Crippen molar-refractivity contribution in [3.63, 3.8) is 0 Å². The highest BCUT2D eigenvalue weighted by Crippen LogP contribution is 2.74. The van der Waals surface area contributed by atoms with E-state index < -0.39 is 25.9 Å². The van der Waals surface area contributed by atoms with Gasteiger partial charge in [0.1, 0.15) is 0 Å². The van der Waals surface area contributed by atoms with Gasteiger partial charge in [-0.2, -0.15) is 25.2 Å². The monoisotopic (exact) mass is 580 g/mol. The second-order valence-electron chi connectivity index (χ2n) is 9.44. The minimum atomic E-state index is -5.99. The van der Waals surface area contributed by atoms with Crippen LogP contribution >= 0.6 is 10.3 Å². The lowest BCUT2D eigenvalue weighted by Gasteiger charge is -2.44. The van der Waals surface area contributed by atoms with Crippen LogP contribution in [0.5, 0.6) is 0 Å². The zero-order valence-electron chi connectivity index (χ0n) is 23.6. The first-order valence-corrected chi connectivity index (χ1v) is 16.6. The molecular weight excluding hydrogens is 541 g/mol. The van der Waals surface area contributed by atoms with E-state index in [4.69, 9.17) is 3.63 Å². The van der Waals surface area contributed by atoms with Gasteiger partial charge in [0.15, 0.2) is 0 Å². The summed E-state index contributed by atoms with van der Waals surface area (Å²) in [6.07, 6.45) is 3.57. The van der Waals surface area contributed by atoms with Crippen molar-refractivity contribution in [3.8, 4) is 0 Å². The molecular formula is C31H39F3O3S2. The summed E-state index contributed by atoms with van der Waals surface area (Å²) < 4.78 is 74.5. The Morgan fingerprint density at radius 3 is 1.26 bits per heavy atom. The standard InChI is InChI=1S/C31H39F3O3S2/c1-7-22-18-24(9-3)29(25(10-4)19-22)38(28-16-14-13-15-17-28,37-39(35,36)31(32,33)34)30-26(11-5)20-23(8-2)21-27(30)12-6/h13-21H,7-12H2,1-6H3. The molecule has 0 spiro atoms. The molecule has 0 saturated heterocycles. The van der Waals surface area contributed by atoms with Gasteiger partial charge < -0.3 is 0 Å². The Morgan fingerprint density at radius 2 is 0.974 bits per heavy atom. The Hall–Kier alpha value is -2.29. The zero-order valence-corrected chi connectivity index (χ0v) is 25.2. The van der Waals surface area contributed by atoms with E-state index in [9.17, 15) is 21.6 Å². The summed E-state index contributed by atoms with van der Waals surface area (Å²) in [5, 5.41) is 0. The fraction of sp³-hybridized carbons (Fsp3) is 0.419. The van der Waals surface area contributed by atoms with Gasteiger partial charge in [-0.25, -0.2) is 0 Å². The summed E-state index contributed by atoms with van der Waals surface area (Å²) in [5.41, 5.74) is -0.223.